The Balaban J connectivity index is 1.41. The smallest absolute Gasteiger partial charge is 0.311 e. The summed E-state index contributed by atoms with van der Waals surface area (Å²) in [6.07, 6.45) is 6.12. The van der Waals surface area contributed by atoms with Crippen molar-refractivity contribution in [1.29, 1.82) is 0 Å². The number of benzene rings is 2. The number of carbonyl (C=O) groups excluding carboxylic acids is 2. The molecule has 1 aliphatic heterocycles. The topological polar surface area (TPSA) is 102 Å². The van der Waals surface area contributed by atoms with Gasteiger partial charge in [-0.1, -0.05) is 42.0 Å². The Morgan fingerprint density at radius 1 is 1.09 bits per heavy atom. The Bertz CT molecular complexity index is 1150. The largest absolute Gasteiger partial charge is 0.481 e. The molecule has 8 nitrogen and oxygen atoms in total. The minimum absolute atomic E-state index is 0.0113. The summed E-state index contributed by atoms with van der Waals surface area (Å²) in [5.74, 6) is -1.18. The van der Waals surface area contributed by atoms with Crippen molar-refractivity contribution in [2.75, 3.05) is 0 Å². The molecule has 0 radical (unpaired) electrons. The number of halogens is 1. The van der Waals surface area contributed by atoms with Crippen molar-refractivity contribution in [3.05, 3.63) is 80.9 Å². The number of amides is 2. The van der Waals surface area contributed by atoms with Gasteiger partial charge >= 0.3 is 5.69 Å². The summed E-state index contributed by atoms with van der Waals surface area (Å²) in [7, 11) is 0. The van der Waals surface area contributed by atoms with E-state index in [4.69, 9.17) is 16.3 Å². The van der Waals surface area contributed by atoms with E-state index in [0.29, 0.717) is 10.6 Å². The number of rotatable bonds is 6. The van der Waals surface area contributed by atoms with Gasteiger partial charge < -0.3 is 4.74 Å². The van der Waals surface area contributed by atoms with Crippen molar-refractivity contribution in [2.24, 2.45) is 28.8 Å². The number of hydrogen-bond donors (Lipinski definition) is 0. The van der Waals surface area contributed by atoms with Gasteiger partial charge in [0.1, 0.15) is 6.61 Å². The Labute approximate surface area is 188 Å². The van der Waals surface area contributed by atoms with Crippen molar-refractivity contribution < 1.29 is 19.2 Å². The summed E-state index contributed by atoms with van der Waals surface area (Å²) in [6, 6.07) is 11.3. The van der Waals surface area contributed by atoms with Crippen LogP contribution in [0.2, 0.25) is 5.02 Å². The van der Waals surface area contributed by atoms with Gasteiger partial charge in [0.15, 0.2) is 0 Å². The number of allylic oxidation sites excluding steroid dienone is 2. The third-order valence-corrected chi connectivity index (χ3v) is 6.53. The van der Waals surface area contributed by atoms with Crippen LogP contribution in [0.5, 0.6) is 5.75 Å². The molecule has 0 N–H and O–H groups in total. The highest BCUT2D eigenvalue weighted by molar-refractivity contribution is 6.30. The molecule has 1 saturated carbocycles. The Hall–Kier alpha value is -3.52. The van der Waals surface area contributed by atoms with E-state index in [-0.39, 0.29) is 53.5 Å². The van der Waals surface area contributed by atoms with Crippen molar-refractivity contribution >= 4 is 35.3 Å². The van der Waals surface area contributed by atoms with Crippen LogP contribution in [0.4, 0.5) is 5.69 Å². The fourth-order valence-corrected chi connectivity index (χ4v) is 4.93. The van der Waals surface area contributed by atoms with Gasteiger partial charge in [0, 0.05) is 16.7 Å². The molecule has 2 amide bonds. The number of hydrazone groups is 1. The second-order valence-electron chi connectivity index (χ2n) is 8.10. The molecule has 2 aromatic rings. The molecule has 32 heavy (non-hydrogen) atoms. The minimum Gasteiger partial charge on any atom is -0.481 e. The highest BCUT2D eigenvalue weighted by atomic mass is 35.5. The monoisotopic (exact) mass is 451 g/mol. The zero-order valence-electron chi connectivity index (χ0n) is 16.8. The van der Waals surface area contributed by atoms with Gasteiger partial charge in [-0.25, -0.2) is 0 Å². The molecule has 2 bridgehead atoms. The fourth-order valence-electron chi connectivity index (χ4n) is 4.80. The van der Waals surface area contributed by atoms with E-state index >= 15 is 0 Å². The van der Waals surface area contributed by atoms with Crippen molar-refractivity contribution in [1.82, 2.24) is 5.01 Å². The molecule has 2 aromatic carbocycles. The van der Waals surface area contributed by atoms with Crippen LogP contribution in [0.15, 0.2) is 59.7 Å². The molecule has 5 rings (SSSR count). The lowest BCUT2D eigenvalue weighted by Crippen LogP contribution is -2.28. The molecule has 1 heterocycles. The number of imide groups is 1. The molecular formula is C23H18ClN3O5. The fraction of sp³-hybridized carbons (Fsp3) is 0.261. The molecule has 2 fully saturated rings. The van der Waals surface area contributed by atoms with Gasteiger partial charge in [0.25, 0.3) is 11.8 Å². The number of carbonyl (C=O) groups is 2. The highest BCUT2D eigenvalue weighted by Crippen LogP contribution is 2.52. The molecule has 0 spiro atoms. The molecule has 3 aliphatic rings. The average molecular weight is 452 g/mol. The first-order valence-electron chi connectivity index (χ1n) is 10.2. The van der Waals surface area contributed by atoms with E-state index in [1.807, 2.05) is 12.2 Å². The minimum atomic E-state index is -0.547. The second kappa shape index (κ2) is 7.87. The number of nitrogens with zero attached hydrogens (tertiary/aromatic N) is 3. The number of para-hydroxylation sites is 1. The lowest BCUT2D eigenvalue weighted by molar-refractivity contribution is -0.385. The number of hydrogen-bond acceptors (Lipinski definition) is 6. The molecule has 0 aromatic heterocycles. The van der Waals surface area contributed by atoms with Crippen LogP contribution < -0.4 is 4.74 Å². The lowest BCUT2D eigenvalue weighted by Gasteiger charge is -2.13. The third-order valence-electron chi connectivity index (χ3n) is 6.28. The average Bonchev–Trinajstić information content (AvgIpc) is 3.46. The van der Waals surface area contributed by atoms with Crippen LogP contribution in [-0.2, 0) is 16.2 Å². The van der Waals surface area contributed by atoms with Gasteiger partial charge in [-0.05, 0) is 42.0 Å². The molecule has 2 aliphatic carbocycles. The van der Waals surface area contributed by atoms with E-state index in [2.05, 4.69) is 5.10 Å². The van der Waals surface area contributed by atoms with Crippen molar-refractivity contribution in [3.8, 4) is 5.75 Å². The number of fused-ring (bicyclic) bond motifs is 5. The van der Waals surface area contributed by atoms with Crippen LogP contribution in [-0.4, -0.2) is 28.0 Å². The van der Waals surface area contributed by atoms with E-state index in [1.165, 1.54) is 18.3 Å². The first-order valence-corrected chi connectivity index (χ1v) is 10.6. The van der Waals surface area contributed by atoms with Crippen LogP contribution in [0.3, 0.4) is 0 Å². The van der Waals surface area contributed by atoms with Crippen LogP contribution in [0.1, 0.15) is 17.5 Å². The third kappa shape index (κ3) is 3.36. The summed E-state index contributed by atoms with van der Waals surface area (Å²) < 4.78 is 5.77. The molecule has 162 valence electrons. The van der Waals surface area contributed by atoms with Gasteiger partial charge in [0.05, 0.1) is 23.0 Å². The molecular weight excluding hydrogens is 434 g/mol. The zero-order chi connectivity index (χ0) is 22.4. The Morgan fingerprint density at radius 3 is 2.38 bits per heavy atom. The van der Waals surface area contributed by atoms with Crippen molar-refractivity contribution in [3.63, 3.8) is 0 Å². The second-order valence-corrected chi connectivity index (χ2v) is 8.54. The maximum Gasteiger partial charge on any atom is 0.311 e. The van der Waals surface area contributed by atoms with Gasteiger partial charge in [0.2, 0.25) is 5.75 Å². The Kier molecular flexibility index (Phi) is 5.01. The first kappa shape index (κ1) is 20.4. The SMILES string of the molecule is O=C1C2C3C=CC(C3)C2C(=O)N1N=Cc1cccc([N+](=O)[O-])c1OCc1ccc(Cl)cc1. The molecule has 4 atom stereocenters. The molecule has 1 saturated heterocycles. The zero-order valence-corrected chi connectivity index (χ0v) is 17.5. The van der Waals surface area contributed by atoms with Crippen LogP contribution in [0, 0.1) is 33.8 Å². The molecule has 4 unspecified atom stereocenters. The van der Waals surface area contributed by atoms with Gasteiger partial charge in [-0.3, -0.25) is 19.7 Å². The van der Waals surface area contributed by atoms with Crippen molar-refractivity contribution in [2.45, 2.75) is 13.0 Å². The van der Waals surface area contributed by atoms with E-state index < -0.39 is 4.92 Å². The Morgan fingerprint density at radius 2 is 1.75 bits per heavy atom. The van der Waals surface area contributed by atoms with Gasteiger partial charge in [-0.2, -0.15) is 10.1 Å². The molecule has 9 heteroatoms. The van der Waals surface area contributed by atoms with Gasteiger partial charge in [-0.15, -0.1) is 0 Å². The summed E-state index contributed by atoms with van der Waals surface area (Å²) >= 11 is 5.89. The van der Waals surface area contributed by atoms with E-state index in [0.717, 1.165) is 17.0 Å². The predicted molar refractivity (Wildman–Crippen MR) is 116 cm³/mol. The number of ether oxygens (including phenoxy) is 1. The highest BCUT2D eigenvalue weighted by Gasteiger charge is 2.59. The summed E-state index contributed by atoms with van der Waals surface area (Å²) in [5.41, 5.74) is 0.837. The van der Waals surface area contributed by atoms with Crippen LogP contribution in [0.25, 0.3) is 0 Å². The predicted octanol–water partition coefficient (Wildman–Crippen LogP) is 3.97. The summed E-state index contributed by atoms with van der Waals surface area (Å²) in [5, 5.41) is 17.1. The van der Waals surface area contributed by atoms with E-state index in [1.54, 1.807) is 30.3 Å². The standard InChI is InChI=1S/C23H18ClN3O5/c24-17-8-4-13(5-9-17)12-32-21-16(2-1-3-18(21)27(30)31)11-25-26-22(28)19-14-6-7-15(10-14)20(19)23(26)29/h1-9,11,14-15,19-20H,10,12H2. The normalized spacial score (nSPS) is 25.7. The number of nitro groups is 1. The maximum atomic E-state index is 12.8. The summed E-state index contributed by atoms with van der Waals surface area (Å²) in [6.45, 7) is 0.0730. The quantitative estimate of drug-likeness (QED) is 0.217. The summed E-state index contributed by atoms with van der Waals surface area (Å²) in [4.78, 5) is 36.6. The number of nitro benzene ring substituents is 1. The maximum absolute atomic E-state index is 12.8. The van der Waals surface area contributed by atoms with Crippen LogP contribution >= 0.6 is 11.6 Å². The lowest BCUT2D eigenvalue weighted by atomic mass is 9.85. The first-order chi connectivity index (χ1) is 15.4. The van der Waals surface area contributed by atoms with E-state index in [9.17, 15) is 19.7 Å².